The number of halogens is 1. The largest absolute Gasteiger partial charge is 0.475 e. The third-order valence-corrected chi connectivity index (χ3v) is 3.42. The lowest BCUT2D eigenvalue weighted by Gasteiger charge is -2.18. The quantitative estimate of drug-likeness (QED) is 0.843. The number of fused-ring (bicyclic) bond motifs is 1. The van der Waals surface area contributed by atoms with E-state index in [4.69, 9.17) is 4.42 Å². The number of rotatable bonds is 1. The Labute approximate surface area is 114 Å². The average Bonchev–Trinajstić information content (AvgIpc) is 2.56. The normalized spacial score (nSPS) is 12.1. The van der Waals surface area contributed by atoms with Crippen LogP contribution < -0.4 is 0 Å². The number of aromatic carboxylic acids is 1. The first-order chi connectivity index (χ1) is 8.21. The summed E-state index contributed by atoms with van der Waals surface area (Å²) in [4.78, 5) is 11.3. The van der Waals surface area contributed by atoms with Crippen LogP contribution in [0.25, 0.3) is 11.0 Å². The molecule has 0 atom stereocenters. The molecule has 4 heteroatoms. The highest BCUT2D eigenvalue weighted by Gasteiger charge is 2.29. The van der Waals surface area contributed by atoms with E-state index in [2.05, 4.69) is 15.9 Å². The number of furan rings is 1. The van der Waals surface area contributed by atoms with Gasteiger partial charge in [-0.1, -0.05) is 20.8 Å². The van der Waals surface area contributed by atoms with Crippen molar-refractivity contribution < 1.29 is 14.3 Å². The molecule has 3 nitrogen and oxygen atoms in total. The first kappa shape index (κ1) is 13.1. The molecule has 0 unspecified atom stereocenters. The Morgan fingerprint density at radius 2 is 1.94 bits per heavy atom. The smallest absolute Gasteiger partial charge is 0.372 e. The van der Waals surface area contributed by atoms with Crippen molar-refractivity contribution in [1.29, 1.82) is 0 Å². The maximum Gasteiger partial charge on any atom is 0.372 e. The van der Waals surface area contributed by atoms with Crippen LogP contribution in [0.1, 0.15) is 42.5 Å². The van der Waals surface area contributed by atoms with E-state index in [0.717, 1.165) is 21.0 Å². The fraction of sp³-hybridized carbons (Fsp3) is 0.357. The van der Waals surface area contributed by atoms with Crippen LogP contribution in [0.5, 0.6) is 0 Å². The van der Waals surface area contributed by atoms with Crippen LogP contribution >= 0.6 is 15.9 Å². The van der Waals surface area contributed by atoms with Gasteiger partial charge in [0, 0.05) is 10.9 Å². The molecule has 0 aliphatic heterocycles. The van der Waals surface area contributed by atoms with Gasteiger partial charge < -0.3 is 9.52 Å². The fourth-order valence-electron chi connectivity index (χ4n) is 2.19. The van der Waals surface area contributed by atoms with Crippen molar-refractivity contribution in [3.05, 3.63) is 33.5 Å². The predicted octanol–water partition coefficient (Wildman–Crippen LogP) is 4.50. The monoisotopic (exact) mass is 310 g/mol. The van der Waals surface area contributed by atoms with Crippen LogP contribution in [0.4, 0.5) is 0 Å². The molecular weight excluding hydrogens is 296 g/mol. The molecular formula is C14H15BrO3. The molecule has 0 saturated heterocycles. The SMILES string of the molecule is Cc1cc(Br)c2oc(C(=O)O)c(C(C)(C)C)c2c1. The van der Waals surface area contributed by atoms with Crippen LogP contribution in [0, 0.1) is 6.92 Å². The highest BCUT2D eigenvalue weighted by molar-refractivity contribution is 9.10. The van der Waals surface area contributed by atoms with Crippen molar-refractivity contribution in [1.82, 2.24) is 0 Å². The second-order valence-corrected chi connectivity index (χ2v) is 6.34. The van der Waals surface area contributed by atoms with E-state index in [1.54, 1.807) is 0 Å². The summed E-state index contributed by atoms with van der Waals surface area (Å²) in [6, 6.07) is 3.89. The summed E-state index contributed by atoms with van der Waals surface area (Å²) in [7, 11) is 0. The highest BCUT2D eigenvalue weighted by Crippen LogP contribution is 2.39. The number of hydrogen-bond acceptors (Lipinski definition) is 2. The van der Waals surface area contributed by atoms with Gasteiger partial charge in [0.15, 0.2) is 0 Å². The summed E-state index contributed by atoms with van der Waals surface area (Å²) in [6.07, 6.45) is 0. The molecule has 1 aromatic heterocycles. The van der Waals surface area contributed by atoms with Gasteiger partial charge in [0.2, 0.25) is 5.76 Å². The van der Waals surface area contributed by atoms with Gasteiger partial charge in [-0.3, -0.25) is 0 Å². The lowest BCUT2D eigenvalue weighted by molar-refractivity contribution is 0.0661. The minimum atomic E-state index is -1.03. The maximum absolute atomic E-state index is 11.3. The Bertz CT molecular complexity index is 633. The predicted molar refractivity (Wildman–Crippen MR) is 74.3 cm³/mol. The van der Waals surface area contributed by atoms with Gasteiger partial charge in [-0.25, -0.2) is 4.79 Å². The molecule has 0 radical (unpaired) electrons. The Morgan fingerprint density at radius 1 is 1.33 bits per heavy atom. The summed E-state index contributed by atoms with van der Waals surface area (Å²) in [5, 5.41) is 10.1. The van der Waals surface area contributed by atoms with Crippen LogP contribution in [0.2, 0.25) is 0 Å². The minimum absolute atomic E-state index is 0.0313. The fourth-order valence-corrected chi connectivity index (χ4v) is 2.84. The first-order valence-corrected chi connectivity index (χ1v) is 6.47. The summed E-state index contributed by atoms with van der Waals surface area (Å²) >= 11 is 3.42. The van der Waals surface area contributed by atoms with Crippen LogP contribution in [0.3, 0.4) is 0 Å². The Kier molecular flexibility index (Phi) is 3.01. The standard InChI is InChI=1S/C14H15BrO3/c1-7-5-8-10(14(2,3)4)12(13(16)17)18-11(8)9(15)6-7/h5-6H,1-4H3,(H,16,17). The van der Waals surface area contributed by atoms with E-state index in [0.29, 0.717) is 5.58 Å². The molecule has 0 saturated carbocycles. The van der Waals surface area contributed by atoms with Crippen molar-refractivity contribution in [2.75, 3.05) is 0 Å². The van der Waals surface area contributed by atoms with Gasteiger partial charge in [0.05, 0.1) is 4.47 Å². The van der Waals surface area contributed by atoms with Crippen molar-refractivity contribution in [2.45, 2.75) is 33.1 Å². The van der Waals surface area contributed by atoms with E-state index >= 15 is 0 Å². The Balaban J connectivity index is 2.95. The average molecular weight is 311 g/mol. The second-order valence-electron chi connectivity index (χ2n) is 5.48. The zero-order valence-corrected chi connectivity index (χ0v) is 12.4. The van der Waals surface area contributed by atoms with Gasteiger partial charge in [-0.2, -0.15) is 0 Å². The van der Waals surface area contributed by atoms with Crippen LogP contribution in [-0.2, 0) is 5.41 Å². The number of carbonyl (C=O) groups is 1. The molecule has 0 aliphatic rings. The lowest BCUT2D eigenvalue weighted by Crippen LogP contribution is -2.15. The van der Waals surface area contributed by atoms with Gasteiger partial charge in [0.25, 0.3) is 0 Å². The number of benzene rings is 1. The third kappa shape index (κ3) is 2.05. The number of aryl methyl sites for hydroxylation is 1. The van der Waals surface area contributed by atoms with Gasteiger partial charge in [0.1, 0.15) is 5.58 Å². The summed E-state index contributed by atoms with van der Waals surface area (Å²) in [5.41, 5.74) is 2.13. The van der Waals surface area contributed by atoms with Crippen LogP contribution in [0.15, 0.2) is 21.0 Å². The molecule has 0 fully saturated rings. The van der Waals surface area contributed by atoms with E-state index < -0.39 is 5.97 Å². The van der Waals surface area contributed by atoms with E-state index in [9.17, 15) is 9.90 Å². The number of hydrogen-bond donors (Lipinski definition) is 1. The van der Waals surface area contributed by atoms with E-state index in [1.807, 2.05) is 39.8 Å². The van der Waals surface area contributed by atoms with Crippen LogP contribution in [-0.4, -0.2) is 11.1 Å². The van der Waals surface area contributed by atoms with Crippen molar-refractivity contribution in [3.63, 3.8) is 0 Å². The first-order valence-electron chi connectivity index (χ1n) is 5.68. The molecule has 2 aromatic rings. The van der Waals surface area contributed by atoms with Crippen molar-refractivity contribution in [2.24, 2.45) is 0 Å². The van der Waals surface area contributed by atoms with Crippen molar-refractivity contribution >= 4 is 32.9 Å². The lowest BCUT2D eigenvalue weighted by atomic mass is 9.84. The minimum Gasteiger partial charge on any atom is -0.475 e. The molecule has 96 valence electrons. The van der Waals surface area contributed by atoms with E-state index in [1.165, 1.54) is 0 Å². The molecule has 0 spiro atoms. The molecule has 1 heterocycles. The zero-order chi connectivity index (χ0) is 13.7. The molecule has 1 aromatic carbocycles. The third-order valence-electron chi connectivity index (χ3n) is 2.83. The Hall–Kier alpha value is -1.29. The number of carboxylic acids is 1. The molecule has 18 heavy (non-hydrogen) atoms. The van der Waals surface area contributed by atoms with E-state index in [-0.39, 0.29) is 11.2 Å². The van der Waals surface area contributed by atoms with Crippen molar-refractivity contribution in [3.8, 4) is 0 Å². The topological polar surface area (TPSA) is 50.4 Å². The second kappa shape index (κ2) is 4.12. The number of carboxylic acid groups (broad SMARTS) is 1. The molecule has 0 aliphatic carbocycles. The molecule has 2 rings (SSSR count). The molecule has 0 bridgehead atoms. The molecule has 1 N–H and O–H groups in total. The van der Waals surface area contributed by atoms with Gasteiger partial charge >= 0.3 is 5.97 Å². The highest BCUT2D eigenvalue weighted by atomic mass is 79.9. The maximum atomic E-state index is 11.3. The summed E-state index contributed by atoms with van der Waals surface area (Å²) in [6.45, 7) is 7.93. The summed E-state index contributed by atoms with van der Waals surface area (Å²) in [5.74, 6) is -0.996. The molecule has 0 amide bonds. The van der Waals surface area contributed by atoms with Gasteiger partial charge in [-0.15, -0.1) is 0 Å². The Morgan fingerprint density at radius 3 is 2.44 bits per heavy atom. The van der Waals surface area contributed by atoms with Gasteiger partial charge in [-0.05, 0) is 46.0 Å². The summed E-state index contributed by atoms with van der Waals surface area (Å²) < 4.78 is 6.31. The zero-order valence-electron chi connectivity index (χ0n) is 10.8.